The molecule has 0 aliphatic heterocycles. The Kier molecular flexibility index (Phi) is 6.79. The predicted molar refractivity (Wildman–Crippen MR) is 131 cm³/mol. The predicted octanol–water partition coefficient (Wildman–Crippen LogP) is 5.01. The van der Waals surface area contributed by atoms with Crippen LogP contribution in [0.5, 0.6) is 0 Å². The van der Waals surface area contributed by atoms with Crippen LogP contribution in [-0.4, -0.2) is 20.6 Å². The van der Waals surface area contributed by atoms with Gasteiger partial charge in [-0.05, 0) is 31.0 Å². The Labute approximate surface area is 193 Å². The van der Waals surface area contributed by atoms with E-state index in [1.807, 2.05) is 91.9 Å². The molecule has 0 N–H and O–H groups in total. The Morgan fingerprint density at radius 2 is 1.36 bits per heavy atom. The Morgan fingerprint density at radius 1 is 0.818 bits per heavy atom. The number of benzene rings is 3. The summed E-state index contributed by atoms with van der Waals surface area (Å²) in [5.74, 6) is -0.154. The van der Waals surface area contributed by atoms with Gasteiger partial charge >= 0.3 is 0 Å². The fraction of sp³-hybridized carbons (Fsp3) is 0.179. The minimum Gasteiger partial charge on any atom is -0.332 e. The van der Waals surface area contributed by atoms with Crippen LogP contribution < -0.4 is 5.56 Å². The normalized spacial score (nSPS) is 11.7. The number of carbonyl (C=O) groups excluding carboxylic acids is 1. The van der Waals surface area contributed by atoms with Gasteiger partial charge in [-0.1, -0.05) is 90.5 Å². The molecule has 1 aromatic heterocycles. The molecule has 166 valence electrons. The second-order valence-electron chi connectivity index (χ2n) is 8.21. The zero-order valence-electron chi connectivity index (χ0n) is 18.9. The second-order valence-corrected chi connectivity index (χ2v) is 8.21. The smallest absolute Gasteiger partial charge is 0.267 e. The van der Waals surface area contributed by atoms with E-state index < -0.39 is 6.04 Å². The van der Waals surface area contributed by atoms with Gasteiger partial charge in [0.25, 0.3) is 5.56 Å². The van der Waals surface area contributed by atoms with Crippen molar-refractivity contribution in [1.82, 2.24) is 14.7 Å². The monoisotopic (exact) mass is 437 g/mol. The number of aromatic nitrogens is 2. The molecular weight excluding hydrogens is 410 g/mol. The van der Waals surface area contributed by atoms with E-state index in [0.717, 1.165) is 22.3 Å². The number of aryl methyl sites for hydroxylation is 1. The lowest BCUT2D eigenvalue weighted by molar-refractivity contribution is -0.136. The average Bonchev–Trinajstić information content (AvgIpc) is 2.85. The minimum absolute atomic E-state index is 0.154. The number of nitrogens with zero attached hydrogens (tertiary/aromatic N) is 3. The molecule has 4 aromatic rings. The first kappa shape index (κ1) is 22.2. The van der Waals surface area contributed by atoms with Gasteiger partial charge in [-0.25, -0.2) is 4.68 Å². The van der Waals surface area contributed by atoms with E-state index in [1.165, 1.54) is 10.7 Å². The van der Waals surface area contributed by atoms with Crippen molar-refractivity contribution in [3.8, 4) is 11.3 Å². The van der Waals surface area contributed by atoms with E-state index in [9.17, 15) is 9.59 Å². The lowest BCUT2D eigenvalue weighted by atomic mass is 10.1. The standard InChI is InChI=1S/C28H27N3O2/c1-21-13-15-25(16-14-21)26-17-18-27(32)31(29-26)22(2)28(33)30(19-23-9-5-3-6-10-23)20-24-11-7-4-8-12-24/h3-18,22H,19-20H2,1-2H3. The minimum atomic E-state index is -0.740. The van der Waals surface area contributed by atoms with Gasteiger partial charge in [0.15, 0.2) is 0 Å². The molecule has 0 aliphatic rings. The third kappa shape index (κ3) is 5.44. The summed E-state index contributed by atoms with van der Waals surface area (Å²) in [5, 5.41) is 4.55. The van der Waals surface area contributed by atoms with Gasteiger partial charge < -0.3 is 4.90 Å². The number of rotatable bonds is 7. The molecule has 5 nitrogen and oxygen atoms in total. The summed E-state index contributed by atoms with van der Waals surface area (Å²) >= 11 is 0. The second kappa shape index (κ2) is 10.1. The molecule has 3 aromatic carbocycles. The lowest BCUT2D eigenvalue weighted by Crippen LogP contribution is -2.39. The van der Waals surface area contributed by atoms with Crippen molar-refractivity contribution in [1.29, 1.82) is 0 Å². The number of amides is 1. The van der Waals surface area contributed by atoms with Crippen molar-refractivity contribution in [3.63, 3.8) is 0 Å². The topological polar surface area (TPSA) is 55.2 Å². The first-order valence-electron chi connectivity index (χ1n) is 11.0. The highest BCUT2D eigenvalue weighted by molar-refractivity contribution is 5.80. The summed E-state index contributed by atoms with van der Waals surface area (Å²) in [6.07, 6.45) is 0. The maximum absolute atomic E-state index is 13.6. The van der Waals surface area contributed by atoms with Crippen LogP contribution in [0.25, 0.3) is 11.3 Å². The van der Waals surface area contributed by atoms with E-state index in [-0.39, 0.29) is 11.5 Å². The van der Waals surface area contributed by atoms with Crippen LogP contribution in [0, 0.1) is 6.92 Å². The Balaban J connectivity index is 1.64. The van der Waals surface area contributed by atoms with Gasteiger partial charge in [0.1, 0.15) is 6.04 Å². The molecule has 0 radical (unpaired) electrons. The van der Waals surface area contributed by atoms with Gasteiger partial charge in [-0.15, -0.1) is 0 Å². The first-order valence-corrected chi connectivity index (χ1v) is 11.0. The Bertz CT molecular complexity index is 1220. The fourth-order valence-electron chi connectivity index (χ4n) is 3.77. The van der Waals surface area contributed by atoms with Gasteiger partial charge in [0.05, 0.1) is 5.69 Å². The number of hydrogen-bond acceptors (Lipinski definition) is 3. The molecular formula is C28H27N3O2. The van der Waals surface area contributed by atoms with Crippen molar-refractivity contribution >= 4 is 5.91 Å². The summed E-state index contributed by atoms with van der Waals surface area (Å²) in [4.78, 5) is 28.1. The molecule has 4 rings (SSSR count). The van der Waals surface area contributed by atoms with Crippen molar-refractivity contribution in [3.05, 3.63) is 124 Å². The molecule has 5 heteroatoms. The van der Waals surface area contributed by atoms with Crippen molar-refractivity contribution in [2.24, 2.45) is 0 Å². The number of carbonyl (C=O) groups is 1. The quantitative estimate of drug-likeness (QED) is 0.408. The highest BCUT2D eigenvalue weighted by Crippen LogP contribution is 2.19. The highest BCUT2D eigenvalue weighted by Gasteiger charge is 2.24. The molecule has 1 unspecified atom stereocenters. The van der Waals surface area contributed by atoms with Gasteiger partial charge in [-0.3, -0.25) is 9.59 Å². The average molecular weight is 438 g/mol. The van der Waals surface area contributed by atoms with E-state index in [2.05, 4.69) is 5.10 Å². The maximum atomic E-state index is 13.6. The Morgan fingerprint density at radius 3 is 1.91 bits per heavy atom. The molecule has 1 atom stereocenters. The van der Waals surface area contributed by atoms with E-state index >= 15 is 0 Å². The molecule has 0 saturated carbocycles. The van der Waals surface area contributed by atoms with Crippen LogP contribution >= 0.6 is 0 Å². The Hall–Kier alpha value is -3.99. The molecule has 1 amide bonds. The molecule has 0 saturated heterocycles. The van der Waals surface area contributed by atoms with Crippen LogP contribution in [0.3, 0.4) is 0 Å². The van der Waals surface area contributed by atoms with Crippen molar-refractivity contribution in [2.45, 2.75) is 33.0 Å². The lowest BCUT2D eigenvalue weighted by Gasteiger charge is -2.26. The van der Waals surface area contributed by atoms with E-state index in [1.54, 1.807) is 17.9 Å². The van der Waals surface area contributed by atoms with E-state index in [4.69, 9.17) is 0 Å². The summed E-state index contributed by atoms with van der Waals surface area (Å²) in [6.45, 7) is 4.65. The SMILES string of the molecule is Cc1ccc(-c2ccc(=O)n(C(C)C(=O)N(Cc3ccccc3)Cc3ccccc3)n2)cc1. The van der Waals surface area contributed by atoms with Gasteiger partial charge in [-0.2, -0.15) is 5.10 Å². The third-order valence-electron chi connectivity index (χ3n) is 5.64. The van der Waals surface area contributed by atoms with Crippen LogP contribution in [0.2, 0.25) is 0 Å². The van der Waals surface area contributed by atoms with Crippen LogP contribution in [0.1, 0.15) is 29.7 Å². The number of hydrogen-bond donors (Lipinski definition) is 0. The molecule has 1 heterocycles. The summed E-state index contributed by atoms with van der Waals surface area (Å²) in [7, 11) is 0. The van der Waals surface area contributed by atoms with Crippen molar-refractivity contribution in [2.75, 3.05) is 0 Å². The van der Waals surface area contributed by atoms with Gasteiger partial charge in [0.2, 0.25) is 5.91 Å². The molecule has 0 spiro atoms. The highest BCUT2D eigenvalue weighted by atomic mass is 16.2. The fourth-order valence-corrected chi connectivity index (χ4v) is 3.77. The molecule has 0 aliphatic carbocycles. The first-order chi connectivity index (χ1) is 16.0. The van der Waals surface area contributed by atoms with Crippen LogP contribution in [0.4, 0.5) is 0 Å². The summed E-state index contributed by atoms with van der Waals surface area (Å²) in [5.41, 5.74) is 4.47. The van der Waals surface area contributed by atoms with Crippen LogP contribution in [0.15, 0.2) is 102 Å². The van der Waals surface area contributed by atoms with Crippen molar-refractivity contribution < 1.29 is 4.79 Å². The molecule has 0 fully saturated rings. The molecule has 33 heavy (non-hydrogen) atoms. The van der Waals surface area contributed by atoms with Crippen LogP contribution in [-0.2, 0) is 17.9 Å². The third-order valence-corrected chi connectivity index (χ3v) is 5.64. The summed E-state index contributed by atoms with van der Waals surface area (Å²) in [6, 6.07) is 30.1. The van der Waals surface area contributed by atoms with Gasteiger partial charge in [0, 0.05) is 24.7 Å². The zero-order valence-corrected chi connectivity index (χ0v) is 18.9. The summed E-state index contributed by atoms with van der Waals surface area (Å²) < 4.78 is 1.29. The maximum Gasteiger partial charge on any atom is 0.267 e. The van der Waals surface area contributed by atoms with E-state index in [0.29, 0.717) is 18.8 Å². The zero-order chi connectivity index (χ0) is 23.2. The largest absolute Gasteiger partial charge is 0.332 e. The molecule has 0 bridgehead atoms.